The van der Waals surface area contributed by atoms with Crippen LogP contribution in [0.15, 0.2) is 45.9 Å². The number of aliphatic carboxylic acids is 1. The second-order valence-corrected chi connectivity index (χ2v) is 6.57. The Bertz CT molecular complexity index is 782. The standard InChI is InChI=1S/C15H16FNO5S/c1-2-12-7-8-14(22-12)23(20,21)17-9-13(15(18)19)10-3-5-11(16)6-4-10/h3-8,13,17H,2,9H2,1H3,(H,18,19). The van der Waals surface area contributed by atoms with Gasteiger partial charge in [0.05, 0.1) is 5.92 Å². The molecule has 2 aromatic rings. The Morgan fingerprint density at radius 2 is 1.91 bits per heavy atom. The predicted octanol–water partition coefficient (Wildman–Crippen LogP) is 2.13. The molecule has 124 valence electrons. The first-order valence-corrected chi connectivity index (χ1v) is 8.38. The third-order valence-corrected chi connectivity index (χ3v) is 4.59. The molecular weight excluding hydrogens is 325 g/mol. The van der Waals surface area contributed by atoms with Crippen LogP contribution >= 0.6 is 0 Å². The van der Waals surface area contributed by atoms with E-state index in [0.29, 0.717) is 17.7 Å². The number of hydrogen-bond acceptors (Lipinski definition) is 4. The molecule has 1 heterocycles. The summed E-state index contributed by atoms with van der Waals surface area (Å²) in [5.74, 6) is -2.33. The molecule has 8 heteroatoms. The molecule has 0 spiro atoms. The summed E-state index contributed by atoms with van der Waals surface area (Å²) in [5.41, 5.74) is 0.301. The molecule has 1 aromatic carbocycles. The molecule has 0 fully saturated rings. The van der Waals surface area contributed by atoms with Crippen LogP contribution in [-0.2, 0) is 21.2 Å². The van der Waals surface area contributed by atoms with Gasteiger partial charge < -0.3 is 9.52 Å². The second kappa shape index (κ2) is 6.93. The van der Waals surface area contributed by atoms with Crippen LogP contribution in [0.3, 0.4) is 0 Å². The van der Waals surface area contributed by atoms with Gasteiger partial charge in [0.2, 0.25) is 5.09 Å². The van der Waals surface area contributed by atoms with Crippen LogP contribution in [0.2, 0.25) is 0 Å². The Morgan fingerprint density at radius 3 is 2.43 bits per heavy atom. The van der Waals surface area contributed by atoms with E-state index in [2.05, 4.69) is 4.72 Å². The molecule has 0 saturated heterocycles. The molecule has 0 radical (unpaired) electrons. The van der Waals surface area contributed by atoms with Crippen molar-refractivity contribution in [3.05, 3.63) is 53.5 Å². The van der Waals surface area contributed by atoms with Gasteiger partial charge in [-0.2, -0.15) is 0 Å². The zero-order chi connectivity index (χ0) is 17.0. The first kappa shape index (κ1) is 17.2. The first-order valence-electron chi connectivity index (χ1n) is 6.90. The zero-order valence-corrected chi connectivity index (χ0v) is 13.1. The number of nitrogens with one attached hydrogen (secondary N) is 1. The highest BCUT2D eigenvalue weighted by Crippen LogP contribution is 2.18. The number of benzene rings is 1. The van der Waals surface area contributed by atoms with E-state index in [4.69, 9.17) is 4.42 Å². The molecule has 0 aliphatic carbocycles. The van der Waals surface area contributed by atoms with Gasteiger partial charge in [-0.15, -0.1) is 0 Å². The van der Waals surface area contributed by atoms with E-state index in [-0.39, 0.29) is 11.6 Å². The van der Waals surface area contributed by atoms with Gasteiger partial charge in [0.15, 0.2) is 0 Å². The van der Waals surface area contributed by atoms with Gasteiger partial charge in [0, 0.05) is 13.0 Å². The van der Waals surface area contributed by atoms with Crippen molar-refractivity contribution in [2.24, 2.45) is 0 Å². The minimum absolute atomic E-state index is 0.266. The number of furan rings is 1. The van der Waals surface area contributed by atoms with Crippen LogP contribution in [0.4, 0.5) is 4.39 Å². The lowest BCUT2D eigenvalue weighted by Crippen LogP contribution is -2.31. The molecule has 0 aliphatic heterocycles. The Morgan fingerprint density at radius 1 is 1.26 bits per heavy atom. The molecule has 0 amide bonds. The summed E-state index contributed by atoms with van der Waals surface area (Å²) in [6.07, 6.45) is 0.544. The maximum Gasteiger partial charge on any atom is 0.312 e. The lowest BCUT2D eigenvalue weighted by Gasteiger charge is -2.13. The predicted molar refractivity (Wildman–Crippen MR) is 80.1 cm³/mol. The molecule has 23 heavy (non-hydrogen) atoms. The van der Waals surface area contributed by atoms with Crippen molar-refractivity contribution < 1.29 is 27.1 Å². The minimum Gasteiger partial charge on any atom is -0.481 e. The molecule has 0 saturated carbocycles. The van der Waals surface area contributed by atoms with E-state index in [1.54, 1.807) is 6.07 Å². The number of sulfonamides is 1. The van der Waals surface area contributed by atoms with Crippen molar-refractivity contribution in [1.29, 1.82) is 0 Å². The Kier molecular flexibility index (Phi) is 5.17. The van der Waals surface area contributed by atoms with Crippen molar-refractivity contribution in [2.45, 2.75) is 24.4 Å². The normalized spacial score (nSPS) is 13.0. The smallest absolute Gasteiger partial charge is 0.312 e. The average molecular weight is 341 g/mol. The summed E-state index contributed by atoms with van der Waals surface area (Å²) in [6.45, 7) is 1.45. The molecule has 0 aliphatic rings. The summed E-state index contributed by atoms with van der Waals surface area (Å²) in [7, 11) is -3.95. The number of hydrogen-bond donors (Lipinski definition) is 2. The molecule has 2 N–H and O–H groups in total. The van der Waals surface area contributed by atoms with Crippen LogP contribution in [-0.4, -0.2) is 26.0 Å². The van der Waals surface area contributed by atoms with E-state index in [9.17, 15) is 22.7 Å². The quantitative estimate of drug-likeness (QED) is 0.804. The van der Waals surface area contributed by atoms with Crippen molar-refractivity contribution in [3.8, 4) is 0 Å². The van der Waals surface area contributed by atoms with Gasteiger partial charge >= 0.3 is 5.97 Å². The molecule has 0 bridgehead atoms. The van der Waals surface area contributed by atoms with Gasteiger partial charge in [-0.05, 0) is 29.8 Å². The van der Waals surface area contributed by atoms with Gasteiger partial charge in [-0.1, -0.05) is 19.1 Å². The van der Waals surface area contributed by atoms with Crippen molar-refractivity contribution in [2.75, 3.05) is 6.54 Å². The monoisotopic (exact) mass is 341 g/mol. The average Bonchev–Trinajstić information content (AvgIpc) is 2.98. The fourth-order valence-corrected chi connectivity index (χ4v) is 2.99. The molecule has 1 unspecified atom stereocenters. The number of aryl methyl sites for hydroxylation is 1. The lowest BCUT2D eigenvalue weighted by atomic mass is 10.00. The lowest BCUT2D eigenvalue weighted by molar-refractivity contribution is -0.138. The Balaban J connectivity index is 2.15. The summed E-state index contributed by atoms with van der Waals surface area (Å²) >= 11 is 0. The van der Waals surface area contributed by atoms with E-state index < -0.39 is 27.7 Å². The highest BCUT2D eigenvalue weighted by molar-refractivity contribution is 7.89. The van der Waals surface area contributed by atoms with Crippen LogP contribution in [0.5, 0.6) is 0 Å². The summed E-state index contributed by atoms with van der Waals surface area (Å²) < 4.78 is 44.5. The summed E-state index contributed by atoms with van der Waals surface area (Å²) in [5, 5.41) is 8.99. The van der Waals surface area contributed by atoms with Crippen molar-refractivity contribution in [3.63, 3.8) is 0 Å². The number of carbonyl (C=O) groups is 1. The van der Waals surface area contributed by atoms with Gasteiger partial charge in [-0.25, -0.2) is 17.5 Å². The summed E-state index contributed by atoms with van der Waals surface area (Å²) in [4.78, 5) is 11.3. The highest BCUT2D eigenvalue weighted by atomic mass is 32.2. The molecule has 1 aromatic heterocycles. The number of halogens is 1. The van der Waals surface area contributed by atoms with Crippen LogP contribution in [0, 0.1) is 5.82 Å². The molecule has 6 nitrogen and oxygen atoms in total. The van der Waals surface area contributed by atoms with Crippen LogP contribution < -0.4 is 4.72 Å². The molecule has 2 rings (SSSR count). The van der Waals surface area contributed by atoms with Crippen LogP contribution in [0.25, 0.3) is 0 Å². The number of carboxylic acids is 1. The van der Waals surface area contributed by atoms with Gasteiger partial charge in [0.25, 0.3) is 10.0 Å². The van der Waals surface area contributed by atoms with E-state index in [1.165, 1.54) is 18.2 Å². The maximum atomic E-state index is 12.9. The van der Waals surface area contributed by atoms with Gasteiger partial charge in [0.1, 0.15) is 11.6 Å². The van der Waals surface area contributed by atoms with Gasteiger partial charge in [-0.3, -0.25) is 4.79 Å². The Labute approximate surface area is 133 Å². The largest absolute Gasteiger partial charge is 0.481 e. The second-order valence-electron chi connectivity index (χ2n) is 4.87. The van der Waals surface area contributed by atoms with Crippen molar-refractivity contribution in [1.82, 2.24) is 4.72 Å². The zero-order valence-electron chi connectivity index (χ0n) is 12.3. The third kappa shape index (κ3) is 4.17. The van der Waals surface area contributed by atoms with E-state index >= 15 is 0 Å². The number of rotatable bonds is 7. The maximum absolute atomic E-state index is 12.9. The fourth-order valence-electron chi connectivity index (χ4n) is 2.00. The van der Waals surface area contributed by atoms with Crippen molar-refractivity contribution >= 4 is 16.0 Å². The van der Waals surface area contributed by atoms with Crippen LogP contribution in [0.1, 0.15) is 24.2 Å². The van der Waals surface area contributed by atoms with E-state index in [0.717, 1.165) is 12.1 Å². The molecule has 1 atom stereocenters. The fraction of sp³-hybridized carbons (Fsp3) is 0.267. The third-order valence-electron chi connectivity index (χ3n) is 3.30. The minimum atomic E-state index is -3.95. The topological polar surface area (TPSA) is 96.6 Å². The number of carboxylic acid groups (broad SMARTS) is 1. The summed E-state index contributed by atoms with van der Waals surface area (Å²) in [6, 6.07) is 7.73. The highest BCUT2D eigenvalue weighted by Gasteiger charge is 2.25. The molecular formula is C15H16FNO5S. The van der Waals surface area contributed by atoms with E-state index in [1.807, 2.05) is 6.92 Å². The SMILES string of the molecule is CCc1ccc(S(=O)(=O)NCC(C(=O)O)c2ccc(F)cc2)o1. The first-order chi connectivity index (χ1) is 10.8. The Hall–Kier alpha value is -2.19.